The van der Waals surface area contributed by atoms with Crippen LogP contribution in [0.4, 0.5) is 19.2 Å². The van der Waals surface area contributed by atoms with Crippen LogP contribution < -0.4 is 20.4 Å². The smallest absolute Gasteiger partial charge is 0.550 e. The van der Waals surface area contributed by atoms with Gasteiger partial charge in [-0.25, -0.2) is 0 Å². The van der Waals surface area contributed by atoms with E-state index < -0.39 is 24.6 Å². The van der Waals surface area contributed by atoms with Crippen LogP contribution in [0.2, 0.25) is 0 Å². The van der Waals surface area contributed by atoms with Gasteiger partial charge in [0.1, 0.15) is 0 Å². The Bertz CT molecular complexity index is 1250. The summed E-state index contributed by atoms with van der Waals surface area (Å²) in [5.74, 6) is 0. The van der Waals surface area contributed by atoms with Gasteiger partial charge >= 0.3 is 23.9 Å². The summed E-state index contributed by atoms with van der Waals surface area (Å²) in [6.07, 6.45) is 65.4. The largest absolute Gasteiger partial charge is 4.00 e. The zero-order chi connectivity index (χ0) is 69.6. The fourth-order valence-electron chi connectivity index (χ4n) is 14.1. The topological polar surface area (TPSA) is 197 Å². The van der Waals surface area contributed by atoms with E-state index >= 15 is 0 Å². The third-order valence-corrected chi connectivity index (χ3v) is 20.0. The second-order valence-corrected chi connectivity index (χ2v) is 28.3. The van der Waals surface area contributed by atoms with Gasteiger partial charge in [-0.2, -0.15) is 0 Å². The summed E-state index contributed by atoms with van der Waals surface area (Å²) in [4.78, 5) is 40.7. The van der Waals surface area contributed by atoms with Crippen LogP contribution in [0.5, 0.6) is 0 Å². The van der Waals surface area contributed by atoms with E-state index in [0.29, 0.717) is 21.7 Å². The quantitative estimate of drug-likeness (QED) is 0.0242. The summed E-state index contributed by atoms with van der Waals surface area (Å²) in [5.41, 5.74) is 2.24. The van der Waals surface area contributed by atoms with Crippen molar-refractivity contribution in [1.29, 1.82) is 0 Å². The molecule has 0 spiro atoms. The van der Waals surface area contributed by atoms with E-state index in [1.165, 1.54) is 308 Å². The summed E-state index contributed by atoms with van der Waals surface area (Å²) in [7, 11) is 0. The molecule has 0 aromatic carbocycles. The van der Waals surface area contributed by atoms with Crippen molar-refractivity contribution in [3.05, 3.63) is 0 Å². The molecule has 0 aliphatic rings. The first-order chi connectivity index (χ1) is 44.4. The van der Waals surface area contributed by atoms with Crippen LogP contribution in [-0.2, 0) is 18.9 Å². The van der Waals surface area contributed by atoms with Crippen molar-refractivity contribution in [2.75, 3.05) is 26.4 Å². The molecule has 0 unspecified atom stereocenters. The average Bonchev–Trinajstić information content (AvgIpc) is 1.05. The van der Waals surface area contributed by atoms with E-state index in [2.05, 4.69) is 102 Å². The molecule has 0 amide bonds. The maximum atomic E-state index is 10.2. The SMILES string of the molecule is CCCCC(CCCC)(CCCC)CCCCCCOC(=O)[O-].CCCCC(CCCC)(CCCC)CCCCCCOC(=O)[O-].CCCCC(CCCC)(CCCC)CCCCCCOC(=O)[O-].CCCCC(CCCC)(CCCC)CCCCCCOC(=O)[O-].[Sn+4]. The average molecular weight is 1430 g/mol. The van der Waals surface area contributed by atoms with E-state index in [1.54, 1.807) is 0 Å². The van der Waals surface area contributed by atoms with Crippen LogP contribution in [0.1, 0.15) is 443 Å². The molecular weight excluding hydrogens is 1270 g/mol. The van der Waals surface area contributed by atoms with Crippen molar-refractivity contribution in [1.82, 2.24) is 0 Å². The van der Waals surface area contributed by atoms with Crippen molar-refractivity contribution in [2.45, 2.75) is 443 Å². The molecule has 0 N–H and O–H groups in total. The number of unbranched alkanes of at least 4 members (excludes halogenated alkanes) is 24. The summed E-state index contributed by atoms with van der Waals surface area (Å²) in [6, 6.07) is 0. The molecule has 0 bridgehead atoms. The van der Waals surface area contributed by atoms with Gasteiger partial charge in [0.25, 0.3) is 24.6 Å². The summed E-state index contributed by atoms with van der Waals surface area (Å²) >= 11 is 0. The molecule has 13 heteroatoms. The van der Waals surface area contributed by atoms with Gasteiger partial charge in [0.2, 0.25) is 0 Å². The summed E-state index contributed by atoms with van der Waals surface area (Å²) in [5, 5.41) is 40.7. The number of carbonyl (C=O) groups excluding carboxylic acids is 4. The van der Waals surface area contributed by atoms with Crippen molar-refractivity contribution in [3.8, 4) is 0 Å². The Morgan fingerprint density at radius 1 is 0.194 bits per heavy atom. The molecule has 0 radical (unpaired) electrons. The predicted molar refractivity (Wildman–Crippen MR) is 388 cm³/mol. The number of rotatable bonds is 64. The Hall–Kier alpha value is -2.12. The first-order valence-corrected chi connectivity index (χ1v) is 39.7. The third-order valence-electron chi connectivity index (χ3n) is 20.0. The second-order valence-electron chi connectivity index (χ2n) is 28.3. The number of carboxylic acid groups (broad SMARTS) is 4. The van der Waals surface area contributed by atoms with Crippen LogP contribution in [0.15, 0.2) is 0 Å². The fraction of sp³-hybridized carbons (Fsp3) is 0.950. The molecule has 0 saturated carbocycles. The van der Waals surface area contributed by atoms with E-state index in [0.717, 1.165) is 51.4 Å². The van der Waals surface area contributed by atoms with E-state index in [1.807, 2.05) is 0 Å². The number of hydrogen-bond acceptors (Lipinski definition) is 12. The zero-order valence-electron chi connectivity index (χ0n) is 63.8. The predicted octanol–water partition coefficient (Wildman–Crippen LogP) is 23.0. The Labute approximate surface area is 594 Å². The Kier molecular flexibility index (Phi) is 79.3. The molecule has 0 aliphatic carbocycles. The minimum absolute atomic E-state index is 0. The molecule has 0 fully saturated rings. The summed E-state index contributed by atoms with van der Waals surface area (Å²) < 4.78 is 17.8. The minimum Gasteiger partial charge on any atom is -0.550 e. The molecule has 0 rings (SSSR count). The Morgan fingerprint density at radius 2 is 0.301 bits per heavy atom. The maximum Gasteiger partial charge on any atom is 4.00 e. The van der Waals surface area contributed by atoms with Gasteiger partial charge < -0.3 is 58.6 Å². The van der Waals surface area contributed by atoms with E-state index in [9.17, 15) is 39.6 Å². The van der Waals surface area contributed by atoms with E-state index in [4.69, 9.17) is 0 Å². The van der Waals surface area contributed by atoms with Gasteiger partial charge in [0, 0.05) is 26.4 Å². The van der Waals surface area contributed by atoms with Gasteiger partial charge in [-0.15, -0.1) is 0 Å². The number of carbonyl (C=O) groups is 4. The zero-order valence-corrected chi connectivity index (χ0v) is 66.7. The molecule has 93 heavy (non-hydrogen) atoms. The Balaban J connectivity index is -0.000000369. The molecule has 0 heterocycles. The van der Waals surface area contributed by atoms with Crippen LogP contribution in [0.3, 0.4) is 0 Å². The fourth-order valence-corrected chi connectivity index (χ4v) is 14.1. The molecular formula is C80H156O12Sn. The van der Waals surface area contributed by atoms with E-state index in [-0.39, 0.29) is 50.3 Å². The normalized spacial score (nSPS) is 11.5. The first kappa shape index (κ1) is 99.5. The first-order valence-electron chi connectivity index (χ1n) is 39.7. The molecule has 0 aliphatic heterocycles. The van der Waals surface area contributed by atoms with Crippen LogP contribution in [-0.4, -0.2) is 75.0 Å². The standard InChI is InChI=1S/4C20H40O3.Sn/c4*1-4-7-14-20(15-8-5-2,16-9-6-3)17-12-10-11-13-18-23-19(21)22;/h4*4-18H2,1-3H3,(H,21,22);/q;;;;+4/p-4. The number of hydrogen-bond donors (Lipinski definition) is 0. The van der Waals surface area contributed by atoms with Gasteiger partial charge in [0.05, 0.1) is 0 Å². The van der Waals surface area contributed by atoms with Gasteiger partial charge in [-0.1, -0.05) is 314 Å². The molecule has 0 aromatic rings. The molecule has 0 atom stereocenters. The van der Waals surface area contributed by atoms with Crippen molar-refractivity contribution >= 4 is 48.5 Å². The third kappa shape index (κ3) is 66.9. The molecule has 0 saturated heterocycles. The second kappa shape index (κ2) is 74.1. The van der Waals surface area contributed by atoms with Crippen LogP contribution in [0, 0.1) is 21.7 Å². The molecule has 552 valence electrons. The van der Waals surface area contributed by atoms with Crippen molar-refractivity contribution in [3.63, 3.8) is 0 Å². The van der Waals surface area contributed by atoms with Crippen molar-refractivity contribution in [2.24, 2.45) is 21.7 Å². The summed E-state index contributed by atoms with van der Waals surface area (Å²) in [6.45, 7) is 28.7. The van der Waals surface area contributed by atoms with Crippen molar-refractivity contribution < 1.29 is 58.6 Å². The van der Waals surface area contributed by atoms with Crippen LogP contribution in [0.25, 0.3) is 0 Å². The van der Waals surface area contributed by atoms with Gasteiger partial charge in [0.15, 0.2) is 0 Å². The van der Waals surface area contributed by atoms with Gasteiger partial charge in [-0.05, 0) is 150 Å². The number of ether oxygens (including phenoxy) is 4. The molecule has 12 nitrogen and oxygen atoms in total. The van der Waals surface area contributed by atoms with Gasteiger partial charge in [-0.3, -0.25) is 0 Å². The molecule has 0 aromatic heterocycles. The monoisotopic (exact) mass is 1430 g/mol. The van der Waals surface area contributed by atoms with Crippen LogP contribution >= 0.6 is 0 Å². The maximum absolute atomic E-state index is 10.2. The minimum atomic E-state index is -1.40. The Morgan fingerprint density at radius 3 is 0.409 bits per heavy atom.